The largest absolute Gasteiger partial charge is 0.299 e. The lowest BCUT2D eigenvalue weighted by atomic mass is 9.75. The summed E-state index contributed by atoms with van der Waals surface area (Å²) in [5, 5.41) is 0. The average molecular weight is 192 g/mol. The SMILES string of the molecule is C=CCCC(=O)C1CC=CC(C)(C)C1. The van der Waals surface area contributed by atoms with Crippen LogP contribution in [-0.2, 0) is 4.79 Å². The van der Waals surface area contributed by atoms with Crippen molar-refractivity contribution in [1.82, 2.24) is 0 Å². The molecule has 1 heteroatoms. The summed E-state index contributed by atoms with van der Waals surface area (Å²) in [6.07, 6.45) is 9.61. The Morgan fingerprint density at radius 3 is 2.93 bits per heavy atom. The minimum atomic E-state index is 0.201. The maximum atomic E-state index is 11.8. The summed E-state index contributed by atoms with van der Waals surface area (Å²) in [5.74, 6) is 0.650. The monoisotopic (exact) mass is 192 g/mol. The van der Waals surface area contributed by atoms with Gasteiger partial charge in [0.15, 0.2) is 0 Å². The van der Waals surface area contributed by atoms with Crippen molar-refractivity contribution in [2.24, 2.45) is 11.3 Å². The number of Topliss-reactive ketones (excluding diaryl/α,β-unsaturated/α-hetero) is 1. The third kappa shape index (κ3) is 3.13. The summed E-state index contributed by atoms with van der Waals surface area (Å²) in [6, 6.07) is 0. The predicted molar refractivity (Wildman–Crippen MR) is 60.1 cm³/mol. The van der Waals surface area contributed by atoms with E-state index in [0.717, 1.165) is 19.3 Å². The average Bonchev–Trinajstić information content (AvgIpc) is 2.12. The first-order chi connectivity index (χ1) is 6.55. The molecule has 0 fully saturated rings. The highest BCUT2D eigenvalue weighted by Gasteiger charge is 2.27. The van der Waals surface area contributed by atoms with E-state index >= 15 is 0 Å². The van der Waals surface area contributed by atoms with Crippen molar-refractivity contribution >= 4 is 5.78 Å². The van der Waals surface area contributed by atoms with Crippen molar-refractivity contribution in [3.63, 3.8) is 0 Å². The second kappa shape index (κ2) is 4.59. The Kier molecular flexibility index (Phi) is 3.68. The summed E-state index contributed by atoms with van der Waals surface area (Å²) >= 11 is 0. The van der Waals surface area contributed by atoms with Gasteiger partial charge in [0.1, 0.15) is 5.78 Å². The topological polar surface area (TPSA) is 17.1 Å². The number of ketones is 1. The molecule has 0 aliphatic heterocycles. The van der Waals surface area contributed by atoms with E-state index in [1.54, 1.807) is 0 Å². The number of rotatable bonds is 4. The lowest BCUT2D eigenvalue weighted by Crippen LogP contribution is -2.24. The van der Waals surface area contributed by atoms with Gasteiger partial charge in [-0.2, -0.15) is 0 Å². The van der Waals surface area contributed by atoms with Crippen molar-refractivity contribution in [3.05, 3.63) is 24.8 Å². The highest BCUT2D eigenvalue weighted by molar-refractivity contribution is 5.81. The molecule has 1 unspecified atom stereocenters. The second-order valence-electron chi connectivity index (χ2n) is 4.82. The van der Waals surface area contributed by atoms with Gasteiger partial charge in [0, 0.05) is 12.3 Å². The van der Waals surface area contributed by atoms with Gasteiger partial charge in [-0.1, -0.05) is 32.1 Å². The van der Waals surface area contributed by atoms with Crippen LogP contribution in [0, 0.1) is 11.3 Å². The molecule has 0 amide bonds. The molecule has 0 aromatic heterocycles. The van der Waals surface area contributed by atoms with Crippen molar-refractivity contribution in [1.29, 1.82) is 0 Å². The molecule has 0 spiro atoms. The highest BCUT2D eigenvalue weighted by Crippen LogP contribution is 2.34. The van der Waals surface area contributed by atoms with E-state index < -0.39 is 0 Å². The number of hydrogen-bond acceptors (Lipinski definition) is 1. The minimum absolute atomic E-state index is 0.201. The number of allylic oxidation sites excluding steroid dienone is 3. The van der Waals surface area contributed by atoms with Gasteiger partial charge < -0.3 is 0 Å². The molecule has 1 nitrogen and oxygen atoms in total. The first-order valence-electron chi connectivity index (χ1n) is 5.36. The fraction of sp³-hybridized carbons (Fsp3) is 0.615. The molecule has 0 N–H and O–H groups in total. The van der Waals surface area contributed by atoms with Crippen molar-refractivity contribution in [2.75, 3.05) is 0 Å². The molecule has 1 aliphatic carbocycles. The van der Waals surface area contributed by atoms with E-state index in [0.29, 0.717) is 12.2 Å². The highest BCUT2D eigenvalue weighted by atomic mass is 16.1. The molecule has 0 saturated heterocycles. The van der Waals surface area contributed by atoms with E-state index in [-0.39, 0.29) is 11.3 Å². The van der Waals surface area contributed by atoms with E-state index in [1.807, 2.05) is 6.08 Å². The maximum Gasteiger partial charge on any atom is 0.136 e. The van der Waals surface area contributed by atoms with Crippen molar-refractivity contribution in [2.45, 2.75) is 39.5 Å². The molecular weight excluding hydrogens is 172 g/mol. The van der Waals surface area contributed by atoms with Gasteiger partial charge in [-0.05, 0) is 24.7 Å². The van der Waals surface area contributed by atoms with Crippen LogP contribution in [0.4, 0.5) is 0 Å². The zero-order chi connectivity index (χ0) is 10.6. The Morgan fingerprint density at radius 1 is 1.64 bits per heavy atom. The van der Waals surface area contributed by atoms with Crippen LogP contribution in [0.15, 0.2) is 24.8 Å². The predicted octanol–water partition coefficient (Wildman–Crippen LogP) is 3.51. The molecule has 78 valence electrons. The van der Waals surface area contributed by atoms with Crippen LogP contribution in [0.25, 0.3) is 0 Å². The Morgan fingerprint density at radius 2 is 2.36 bits per heavy atom. The van der Waals surface area contributed by atoms with Gasteiger partial charge in [-0.25, -0.2) is 0 Å². The summed E-state index contributed by atoms with van der Waals surface area (Å²) in [6.45, 7) is 8.02. The van der Waals surface area contributed by atoms with E-state index in [2.05, 4.69) is 32.6 Å². The normalized spacial score (nSPS) is 24.6. The van der Waals surface area contributed by atoms with E-state index in [4.69, 9.17) is 0 Å². The minimum Gasteiger partial charge on any atom is -0.299 e. The molecular formula is C13H20O. The molecule has 0 heterocycles. The van der Waals surface area contributed by atoms with Crippen LogP contribution >= 0.6 is 0 Å². The lowest BCUT2D eigenvalue weighted by Gasteiger charge is -2.29. The second-order valence-corrected chi connectivity index (χ2v) is 4.82. The molecule has 14 heavy (non-hydrogen) atoms. The van der Waals surface area contributed by atoms with Gasteiger partial charge in [0.2, 0.25) is 0 Å². The van der Waals surface area contributed by atoms with Gasteiger partial charge in [-0.15, -0.1) is 6.58 Å². The molecule has 0 aromatic carbocycles. The summed E-state index contributed by atoms with van der Waals surface area (Å²) in [5.41, 5.74) is 0.201. The number of hydrogen-bond donors (Lipinski definition) is 0. The first-order valence-corrected chi connectivity index (χ1v) is 5.36. The lowest BCUT2D eigenvalue weighted by molar-refractivity contribution is -0.123. The molecule has 1 aliphatic rings. The molecule has 0 bridgehead atoms. The fourth-order valence-corrected chi connectivity index (χ4v) is 2.03. The summed E-state index contributed by atoms with van der Waals surface area (Å²) in [7, 11) is 0. The van der Waals surface area contributed by atoms with Gasteiger partial charge >= 0.3 is 0 Å². The van der Waals surface area contributed by atoms with Crippen LogP contribution in [-0.4, -0.2) is 5.78 Å². The maximum absolute atomic E-state index is 11.8. The Labute approximate surface area is 86.9 Å². The molecule has 0 aromatic rings. The number of carbonyl (C=O) groups excluding carboxylic acids is 1. The Hall–Kier alpha value is -0.850. The Bertz CT molecular complexity index is 248. The number of carbonyl (C=O) groups is 1. The third-order valence-corrected chi connectivity index (χ3v) is 2.81. The molecule has 0 saturated carbocycles. The zero-order valence-electron chi connectivity index (χ0n) is 9.25. The van der Waals surface area contributed by atoms with Crippen molar-refractivity contribution < 1.29 is 4.79 Å². The van der Waals surface area contributed by atoms with Crippen LogP contribution < -0.4 is 0 Å². The molecule has 0 radical (unpaired) electrons. The molecule has 1 atom stereocenters. The van der Waals surface area contributed by atoms with Crippen LogP contribution in [0.3, 0.4) is 0 Å². The summed E-state index contributed by atoms with van der Waals surface area (Å²) in [4.78, 5) is 11.8. The summed E-state index contributed by atoms with van der Waals surface area (Å²) < 4.78 is 0. The zero-order valence-corrected chi connectivity index (χ0v) is 9.25. The fourth-order valence-electron chi connectivity index (χ4n) is 2.03. The van der Waals surface area contributed by atoms with Crippen molar-refractivity contribution in [3.8, 4) is 0 Å². The van der Waals surface area contributed by atoms with E-state index in [9.17, 15) is 4.79 Å². The molecule has 1 rings (SSSR count). The van der Waals surface area contributed by atoms with E-state index in [1.165, 1.54) is 0 Å². The van der Waals surface area contributed by atoms with Crippen LogP contribution in [0.5, 0.6) is 0 Å². The third-order valence-electron chi connectivity index (χ3n) is 2.81. The first kappa shape index (κ1) is 11.2. The van der Waals surface area contributed by atoms with Crippen LogP contribution in [0.1, 0.15) is 39.5 Å². The van der Waals surface area contributed by atoms with Gasteiger partial charge in [0.25, 0.3) is 0 Å². The standard InChI is InChI=1S/C13H20O/c1-4-5-8-12(14)11-7-6-9-13(2,3)10-11/h4,6,9,11H,1,5,7-8,10H2,2-3H3. The van der Waals surface area contributed by atoms with Crippen LogP contribution in [0.2, 0.25) is 0 Å². The Balaban J connectivity index is 2.50. The van der Waals surface area contributed by atoms with Gasteiger partial charge in [-0.3, -0.25) is 4.79 Å². The van der Waals surface area contributed by atoms with Gasteiger partial charge in [0.05, 0.1) is 0 Å². The quantitative estimate of drug-likeness (QED) is 0.623. The smallest absolute Gasteiger partial charge is 0.136 e.